The number of aromatic nitrogens is 1. The van der Waals surface area contributed by atoms with Crippen molar-refractivity contribution < 1.29 is 13.2 Å². The van der Waals surface area contributed by atoms with Crippen molar-refractivity contribution in [1.82, 2.24) is 4.98 Å². The number of anilines is 1. The third kappa shape index (κ3) is 3.94. The van der Waals surface area contributed by atoms with Gasteiger partial charge in [0.15, 0.2) is 0 Å². The summed E-state index contributed by atoms with van der Waals surface area (Å²) >= 11 is 1.63. The fourth-order valence-electron chi connectivity index (χ4n) is 2.74. The molecular weight excluding hydrogens is 346 g/mol. The zero-order valence-corrected chi connectivity index (χ0v) is 15.1. The number of rotatable bonds is 6. The molecule has 3 rings (SSSR count). The SMILES string of the molecule is CCc1ccc(NCc2cnc([C@@H]3CCCO3)s2)cc1S(N)(=O)=O. The Morgan fingerprint density at radius 2 is 2.29 bits per heavy atom. The van der Waals surface area contributed by atoms with Crippen LogP contribution in [0.2, 0.25) is 0 Å². The summed E-state index contributed by atoms with van der Waals surface area (Å²) in [6.07, 6.45) is 4.69. The average Bonchev–Trinajstić information content (AvgIpc) is 3.23. The molecule has 0 saturated carbocycles. The van der Waals surface area contributed by atoms with Crippen molar-refractivity contribution in [2.24, 2.45) is 5.14 Å². The van der Waals surface area contributed by atoms with Crippen molar-refractivity contribution in [3.8, 4) is 0 Å². The number of benzene rings is 1. The maximum absolute atomic E-state index is 11.7. The maximum Gasteiger partial charge on any atom is 0.238 e. The molecule has 1 aromatic carbocycles. The number of nitrogens with one attached hydrogen (secondary N) is 1. The highest BCUT2D eigenvalue weighted by Crippen LogP contribution is 2.31. The van der Waals surface area contributed by atoms with Gasteiger partial charge in [-0.1, -0.05) is 13.0 Å². The van der Waals surface area contributed by atoms with Crippen LogP contribution in [0.5, 0.6) is 0 Å². The summed E-state index contributed by atoms with van der Waals surface area (Å²) in [7, 11) is -3.72. The van der Waals surface area contributed by atoms with Crippen molar-refractivity contribution in [3.63, 3.8) is 0 Å². The van der Waals surface area contributed by atoms with Crippen LogP contribution in [-0.4, -0.2) is 20.0 Å². The molecule has 0 aliphatic carbocycles. The van der Waals surface area contributed by atoms with E-state index < -0.39 is 10.0 Å². The summed E-state index contributed by atoms with van der Waals surface area (Å²) in [6, 6.07) is 5.26. The van der Waals surface area contributed by atoms with E-state index in [4.69, 9.17) is 9.88 Å². The number of thiazole rings is 1. The van der Waals surface area contributed by atoms with Gasteiger partial charge in [0.2, 0.25) is 10.0 Å². The molecule has 8 heteroatoms. The van der Waals surface area contributed by atoms with Gasteiger partial charge in [0.05, 0.1) is 11.4 Å². The first-order chi connectivity index (χ1) is 11.5. The lowest BCUT2D eigenvalue weighted by Gasteiger charge is -2.10. The van der Waals surface area contributed by atoms with E-state index in [9.17, 15) is 8.42 Å². The molecule has 0 amide bonds. The van der Waals surface area contributed by atoms with E-state index in [-0.39, 0.29) is 11.0 Å². The predicted molar refractivity (Wildman–Crippen MR) is 94.6 cm³/mol. The molecule has 0 unspecified atom stereocenters. The minimum absolute atomic E-state index is 0.126. The lowest BCUT2D eigenvalue weighted by atomic mass is 10.1. The highest BCUT2D eigenvalue weighted by molar-refractivity contribution is 7.89. The van der Waals surface area contributed by atoms with Gasteiger partial charge < -0.3 is 10.1 Å². The van der Waals surface area contributed by atoms with Crippen LogP contribution < -0.4 is 10.5 Å². The molecule has 130 valence electrons. The molecule has 0 bridgehead atoms. The van der Waals surface area contributed by atoms with Gasteiger partial charge in [-0.25, -0.2) is 18.5 Å². The standard InChI is InChI=1S/C16H21N3O3S2/c1-2-11-5-6-12(8-15(11)24(17,20)21)18-9-13-10-19-16(23-13)14-4-3-7-22-14/h5-6,8,10,14,18H,2-4,7,9H2,1H3,(H2,17,20,21)/t14-/m0/s1. The van der Waals surface area contributed by atoms with Crippen molar-refractivity contribution in [2.45, 2.75) is 43.7 Å². The number of hydrogen-bond donors (Lipinski definition) is 2. The van der Waals surface area contributed by atoms with Crippen LogP contribution in [0.25, 0.3) is 0 Å². The van der Waals surface area contributed by atoms with Crippen LogP contribution in [0.1, 0.15) is 41.3 Å². The molecule has 1 aliphatic rings. The summed E-state index contributed by atoms with van der Waals surface area (Å²) < 4.78 is 29.1. The summed E-state index contributed by atoms with van der Waals surface area (Å²) in [5.74, 6) is 0. The number of nitrogens with zero attached hydrogens (tertiary/aromatic N) is 1. The minimum Gasteiger partial charge on any atom is -0.380 e. The Kier molecular flexibility index (Phi) is 5.19. The van der Waals surface area contributed by atoms with Crippen LogP contribution in [-0.2, 0) is 27.7 Å². The van der Waals surface area contributed by atoms with Gasteiger partial charge in [-0.3, -0.25) is 0 Å². The van der Waals surface area contributed by atoms with Gasteiger partial charge in [0, 0.05) is 23.4 Å². The Labute approximate surface area is 146 Å². The van der Waals surface area contributed by atoms with Gasteiger partial charge >= 0.3 is 0 Å². The molecule has 0 radical (unpaired) electrons. The smallest absolute Gasteiger partial charge is 0.238 e. The van der Waals surface area contributed by atoms with E-state index in [1.54, 1.807) is 23.5 Å². The lowest BCUT2D eigenvalue weighted by Crippen LogP contribution is -2.15. The van der Waals surface area contributed by atoms with E-state index in [0.717, 1.165) is 40.6 Å². The fourth-order valence-corrected chi connectivity index (χ4v) is 4.55. The maximum atomic E-state index is 11.7. The number of nitrogens with two attached hydrogens (primary N) is 1. The number of hydrogen-bond acceptors (Lipinski definition) is 6. The van der Waals surface area contributed by atoms with Crippen LogP contribution in [0.15, 0.2) is 29.3 Å². The summed E-state index contributed by atoms with van der Waals surface area (Å²) in [6.45, 7) is 3.29. The van der Waals surface area contributed by atoms with Crippen molar-refractivity contribution in [3.05, 3.63) is 39.8 Å². The fraction of sp³-hybridized carbons (Fsp3) is 0.438. The van der Waals surface area contributed by atoms with Crippen LogP contribution >= 0.6 is 11.3 Å². The number of aryl methyl sites for hydroxylation is 1. The summed E-state index contributed by atoms with van der Waals surface area (Å²) in [5, 5.41) is 9.55. The van der Waals surface area contributed by atoms with E-state index in [1.807, 2.05) is 19.2 Å². The van der Waals surface area contributed by atoms with Crippen molar-refractivity contribution in [2.75, 3.05) is 11.9 Å². The first-order valence-electron chi connectivity index (χ1n) is 7.93. The molecule has 2 heterocycles. The quantitative estimate of drug-likeness (QED) is 0.819. The monoisotopic (exact) mass is 367 g/mol. The number of primary sulfonamides is 1. The normalized spacial score (nSPS) is 18.0. The molecule has 1 aromatic heterocycles. The number of sulfonamides is 1. The largest absolute Gasteiger partial charge is 0.380 e. The van der Waals surface area contributed by atoms with E-state index in [0.29, 0.717) is 13.0 Å². The number of ether oxygens (including phenoxy) is 1. The molecule has 1 fully saturated rings. The van der Waals surface area contributed by atoms with Gasteiger partial charge in [0.25, 0.3) is 0 Å². The average molecular weight is 367 g/mol. The van der Waals surface area contributed by atoms with Crippen LogP contribution in [0.4, 0.5) is 5.69 Å². The Balaban J connectivity index is 1.70. The molecule has 0 spiro atoms. The Hall–Kier alpha value is -1.48. The molecule has 2 aromatic rings. The molecule has 3 N–H and O–H groups in total. The third-order valence-electron chi connectivity index (χ3n) is 4.00. The molecule has 1 saturated heterocycles. The first-order valence-corrected chi connectivity index (χ1v) is 10.3. The summed E-state index contributed by atoms with van der Waals surface area (Å²) in [5.41, 5.74) is 1.45. The Morgan fingerprint density at radius 3 is 2.96 bits per heavy atom. The second-order valence-corrected chi connectivity index (χ2v) is 8.42. The first kappa shape index (κ1) is 17.3. The molecule has 1 aliphatic heterocycles. The second kappa shape index (κ2) is 7.18. The lowest BCUT2D eigenvalue weighted by molar-refractivity contribution is 0.111. The second-order valence-electron chi connectivity index (χ2n) is 5.74. The van der Waals surface area contributed by atoms with Crippen molar-refractivity contribution >= 4 is 27.0 Å². The van der Waals surface area contributed by atoms with E-state index in [1.165, 1.54) is 0 Å². The van der Waals surface area contributed by atoms with Gasteiger partial charge in [-0.05, 0) is 37.0 Å². The highest BCUT2D eigenvalue weighted by Gasteiger charge is 2.21. The molecule has 24 heavy (non-hydrogen) atoms. The summed E-state index contributed by atoms with van der Waals surface area (Å²) in [4.78, 5) is 5.69. The Morgan fingerprint density at radius 1 is 1.46 bits per heavy atom. The van der Waals surface area contributed by atoms with Gasteiger partial charge in [0.1, 0.15) is 11.1 Å². The van der Waals surface area contributed by atoms with Crippen LogP contribution in [0, 0.1) is 0 Å². The minimum atomic E-state index is -3.72. The van der Waals surface area contributed by atoms with Crippen molar-refractivity contribution in [1.29, 1.82) is 0 Å². The van der Waals surface area contributed by atoms with Gasteiger partial charge in [-0.2, -0.15) is 0 Å². The van der Waals surface area contributed by atoms with E-state index in [2.05, 4.69) is 10.3 Å². The Bertz CT molecular complexity index is 812. The molecular formula is C16H21N3O3S2. The zero-order valence-electron chi connectivity index (χ0n) is 13.5. The third-order valence-corrected chi connectivity index (χ3v) is 6.08. The zero-order chi connectivity index (χ0) is 17.2. The molecule has 6 nitrogen and oxygen atoms in total. The van der Waals surface area contributed by atoms with E-state index >= 15 is 0 Å². The molecule has 1 atom stereocenters. The van der Waals surface area contributed by atoms with Crippen LogP contribution in [0.3, 0.4) is 0 Å². The van der Waals surface area contributed by atoms with Gasteiger partial charge in [-0.15, -0.1) is 11.3 Å². The highest BCUT2D eigenvalue weighted by atomic mass is 32.2. The topological polar surface area (TPSA) is 94.3 Å². The predicted octanol–water partition coefficient (Wildman–Crippen LogP) is 2.82.